The van der Waals surface area contributed by atoms with Gasteiger partial charge in [-0.2, -0.15) is 0 Å². The quantitative estimate of drug-likeness (QED) is 0.783. The van der Waals surface area contributed by atoms with Gasteiger partial charge in [-0.05, 0) is 19.4 Å². The zero-order valence-corrected chi connectivity index (χ0v) is 8.61. The summed E-state index contributed by atoms with van der Waals surface area (Å²) in [7, 11) is 0. The molecule has 2 N–H and O–H groups in total. The summed E-state index contributed by atoms with van der Waals surface area (Å²) in [6.45, 7) is 3.41. The van der Waals surface area contributed by atoms with Crippen molar-refractivity contribution in [1.82, 2.24) is 5.32 Å². The molecule has 1 rings (SSSR count). The fourth-order valence-electron chi connectivity index (χ4n) is 1.17. The molecule has 0 saturated carbocycles. The van der Waals surface area contributed by atoms with Gasteiger partial charge in [-0.1, -0.05) is 6.92 Å². The van der Waals surface area contributed by atoms with Gasteiger partial charge in [0.2, 0.25) is 0 Å². The van der Waals surface area contributed by atoms with Gasteiger partial charge in [0, 0.05) is 5.56 Å². The van der Waals surface area contributed by atoms with Gasteiger partial charge in [-0.25, -0.2) is 4.79 Å². The lowest BCUT2D eigenvalue weighted by Gasteiger charge is -2.10. The van der Waals surface area contributed by atoms with Crippen molar-refractivity contribution in [3.05, 3.63) is 23.7 Å². The number of carbonyl (C=O) groups is 2. The van der Waals surface area contributed by atoms with Crippen molar-refractivity contribution in [2.45, 2.75) is 26.3 Å². The van der Waals surface area contributed by atoms with Crippen LogP contribution in [0, 0.1) is 6.92 Å². The lowest BCUT2D eigenvalue weighted by Crippen LogP contribution is -2.40. The molecule has 1 atom stereocenters. The van der Waals surface area contributed by atoms with E-state index in [2.05, 4.69) is 5.32 Å². The summed E-state index contributed by atoms with van der Waals surface area (Å²) in [6.07, 6.45) is 1.73. The molecule has 0 aliphatic rings. The molecule has 1 aromatic rings. The minimum Gasteiger partial charge on any atom is -0.480 e. The average molecular weight is 211 g/mol. The van der Waals surface area contributed by atoms with E-state index in [1.165, 1.54) is 6.26 Å². The topological polar surface area (TPSA) is 79.5 Å². The highest BCUT2D eigenvalue weighted by Crippen LogP contribution is 2.08. The number of nitrogens with one attached hydrogen (secondary N) is 1. The lowest BCUT2D eigenvalue weighted by molar-refractivity contribution is -0.139. The first-order valence-corrected chi connectivity index (χ1v) is 4.64. The molecule has 1 aromatic heterocycles. The van der Waals surface area contributed by atoms with E-state index in [-0.39, 0.29) is 5.76 Å². The standard InChI is InChI=1S/C10H13NO4/c1-3-7(10(13)14)11-9(12)8-6(2)4-5-15-8/h4-5,7H,3H2,1-2H3,(H,11,12)(H,13,14). The molecule has 0 radical (unpaired) electrons. The number of aliphatic carboxylic acids is 1. The fourth-order valence-corrected chi connectivity index (χ4v) is 1.17. The zero-order chi connectivity index (χ0) is 11.4. The predicted molar refractivity (Wildman–Crippen MR) is 52.6 cm³/mol. The summed E-state index contributed by atoms with van der Waals surface area (Å²) in [5.41, 5.74) is 0.688. The molecule has 15 heavy (non-hydrogen) atoms. The molecular formula is C10H13NO4. The van der Waals surface area contributed by atoms with E-state index in [9.17, 15) is 9.59 Å². The van der Waals surface area contributed by atoms with Crippen molar-refractivity contribution in [2.75, 3.05) is 0 Å². The van der Waals surface area contributed by atoms with Crippen molar-refractivity contribution in [3.63, 3.8) is 0 Å². The molecule has 1 unspecified atom stereocenters. The van der Waals surface area contributed by atoms with Gasteiger partial charge < -0.3 is 14.8 Å². The van der Waals surface area contributed by atoms with Crippen LogP contribution in [0.5, 0.6) is 0 Å². The number of rotatable bonds is 4. The molecule has 0 fully saturated rings. The summed E-state index contributed by atoms with van der Waals surface area (Å²) in [5.74, 6) is -1.38. The number of carbonyl (C=O) groups excluding carboxylic acids is 1. The van der Waals surface area contributed by atoms with Gasteiger partial charge in [0.15, 0.2) is 5.76 Å². The maximum atomic E-state index is 11.5. The first-order chi connectivity index (χ1) is 7.06. The number of furan rings is 1. The Kier molecular flexibility index (Phi) is 3.49. The molecule has 0 spiro atoms. The van der Waals surface area contributed by atoms with Gasteiger partial charge in [0.25, 0.3) is 5.91 Å². The van der Waals surface area contributed by atoms with Crippen LogP contribution in [0.15, 0.2) is 16.7 Å². The second-order valence-electron chi connectivity index (χ2n) is 3.21. The van der Waals surface area contributed by atoms with E-state index < -0.39 is 17.9 Å². The molecule has 0 aromatic carbocycles. The van der Waals surface area contributed by atoms with Crippen LogP contribution >= 0.6 is 0 Å². The lowest BCUT2D eigenvalue weighted by atomic mass is 10.2. The molecule has 1 heterocycles. The van der Waals surface area contributed by atoms with Gasteiger partial charge in [-0.15, -0.1) is 0 Å². The monoisotopic (exact) mass is 211 g/mol. The largest absolute Gasteiger partial charge is 0.480 e. The van der Waals surface area contributed by atoms with E-state index in [0.717, 1.165) is 0 Å². The number of carboxylic acids is 1. The Morgan fingerprint density at radius 1 is 1.60 bits per heavy atom. The molecular weight excluding hydrogens is 198 g/mol. The van der Waals surface area contributed by atoms with Gasteiger partial charge in [0.1, 0.15) is 6.04 Å². The van der Waals surface area contributed by atoms with Crippen molar-refractivity contribution >= 4 is 11.9 Å². The minimum absolute atomic E-state index is 0.162. The second kappa shape index (κ2) is 4.63. The molecule has 0 bridgehead atoms. The maximum absolute atomic E-state index is 11.5. The van der Waals surface area contributed by atoms with Crippen LogP contribution in [0.2, 0.25) is 0 Å². The van der Waals surface area contributed by atoms with Gasteiger partial charge in [-0.3, -0.25) is 4.79 Å². The molecule has 0 saturated heterocycles. The maximum Gasteiger partial charge on any atom is 0.326 e. The number of hydrogen-bond acceptors (Lipinski definition) is 3. The van der Waals surface area contributed by atoms with Crippen LogP contribution < -0.4 is 5.32 Å². The van der Waals surface area contributed by atoms with Crippen molar-refractivity contribution in [2.24, 2.45) is 0 Å². The van der Waals surface area contributed by atoms with Crippen LogP contribution in [-0.2, 0) is 4.79 Å². The predicted octanol–water partition coefficient (Wildman–Crippen LogP) is 1.18. The third-order valence-electron chi connectivity index (χ3n) is 2.08. The average Bonchev–Trinajstić information content (AvgIpc) is 2.60. The number of carboxylic acid groups (broad SMARTS) is 1. The van der Waals surface area contributed by atoms with E-state index in [0.29, 0.717) is 12.0 Å². The van der Waals surface area contributed by atoms with Crippen molar-refractivity contribution in [1.29, 1.82) is 0 Å². The van der Waals surface area contributed by atoms with Crippen LogP contribution in [-0.4, -0.2) is 23.0 Å². The summed E-state index contributed by atoms with van der Waals surface area (Å²) in [6, 6.07) is 0.776. The molecule has 0 aliphatic carbocycles. The Morgan fingerprint density at radius 2 is 2.27 bits per heavy atom. The summed E-state index contributed by atoms with van der Waals surface area (Å²) >= 11 is 0. The normalized spacial score (nSPS) is 12.1. The minimum atomic E-state index is -1.05. The Labute approximate surface area is 87.1 Å². The number of amides is 1. The second-order valence-corrected chi connectivity index (χ2v) is 3.21. The summed E-state index contributed by atoms with van der Waals surface area (Å²) < 4.78 is 4.95. The Bertz CT molecular complexity index is 369. The van der Waals surface area contributed by atoms with Gasteiger partial charge in [0.05, 0.1) is 6.26 Å². The van der Waals surface area contributed by atoms with E-state index in [1.807, 2.05) is 0 Å². The summed E-state index contributed by atoms with van der Waals surface area (Å²) in [5, 5.41) is 11.1. The van der Waals surface area contributed by atoms with Gasteiger partial charge >= 0.3 is 5.97 Å². The Balaban J connectivity index is 2.71. The highest BCUT2D eigenvalue weighted by Gasteiger charge is 2.20. The Morgan fingerprint density at radius 3 is 2.67 bits per heavy atom. The highest BCUT2D eigenvalue weighted by atomic mass is 16.4. The zero-order valence-electron chi connectivity index (χ0n) is 8.61. The SMILES string of the molecule is CCC(NC(=O)c1occc1C)C(=O)O. The van der Waals surface area contributed by atoms with Crippen molar-refractivity contribution in [3.8, 4) is 0 Å². The fraction of sp³-hybridized carbons (Fsp3) is 0.400. The molecule has 82 valence electrons. The third-order valence-corrected chi connectivity index (χ3v) is 2.08. The first kappa shape index (κ1) is 11.3. The number of hydrogen-bond donors (Lipinski definition) is 2. The summed E-state index contributed by atoms with van der Waals surface area (Å²) in [4.78, 5) is 22.2. The molecule has 5 heteroatoms. The molecule has 1 amide bonds. The Hall–Kier alpha value is -1.78. The smallest absolute Gasteiger partial charge is 0.326 e. The molecule has 0 aliphatic heterocycles. The van der Waals surface area contributed by atoms with E-state index in [1.54, 1.807) is 19.9 Å². The highest BCUT2D eigenvalue weighted by molar-refractivity contribution is 5.95. The van der Waals surface area contributed by atoms with E-state index in [4.69, 9.17) is 9.52 Å². The van der Waals surface area contributed by atoms with Crippen LogP contribution in [0.3, 0.4) is 0 Å². The van der Waals surface area contributed by atoms with Crippen LogP contribution in [0.4, 0.5) is 0 Å². The van der Waals surface area contributed by atoms with Crippen LogP contribution in [0.25, 0.3) is 0 Å². The van der Waals surface area contributed by atoms with Crippen LogP contribution in [0.1, 0.15) is 29.5 Å². The third kappa shape index (κ3) is 2.59. The van der Waals surface area contributed by atoms with E-state index >= 15 is 0 Å². The van der Waals surface area contributed by atoms with Crippen molar-refractivity contribution < 1.29 is 19.1 Å². The number of aryl methyl sites for hydroxylation is 1. The first-order valence-electron chi connectivity index (χ1n) is 4.64. The molecule has 5 nitrogen and oxygen atoms in total.